The van der Waals surface area contributed by atoms with Crippen molar-refractivity contribution in [2.45, 2.75) is 65.6 Å². The fourth-order valence-corrected chi connectivity index (χ4v) is 2.99. The lowest BCUT2D eigenvalue weighted by atomic mass is 10.1. The van der Waals surface area contributed by atoms with Gasteiger partial charge < -0.3 is 10.2 Å². The van der Waals surface area contributed by atoms with Crippen molar-refractivity contribution in [3.05, 3.63) is 71.0 Å². The van der Waals surface area contributed by atoms with Crippen LogP contribution in [0.15, 0.2) is 48.5 Å². The average Bonchev–Trinajstić information content (AvgIpc) is 2.65. The fourth-order valence-electron chi connectivity index (χ4n) is 2.99. The zero-order valence-electron chi connectivity index (χ0n) is 18.0. The topological polar surface area (TPSA) is 49.4 Å². The van der Waals surface area contributed by atoms with Gasteiger partial charge in [-0.15, -0.1) is 0 Å². The molecule has 0 fully saturated rings. The molecule has 1 unspecified atom stereocenters. The Hall–Kier alpha value is -2.69. The summed E-state index contributed by atoms with van der Waals surface area (Å²) in [6, 6.07) is 13.5. The van der Waals surface area contributed by atoms with Gasteiger partial charge >= 0.3 is 0 Å². The van der Waals surface area contributed by atoms with Crippen molar-refractivity contribution in [3.63, 3.8) is 0 Å². The Kier molecular flexibility index (Phi) is 7.54. The van der Waals surface area contributed by atoms with Crippen molar-refractivity contribution in [2.75, 3.05) is 0 Å². The van der Waals surface area contributed by atoms with Crippen LogP contribution in [0.5, 0.6) is 0 Å². The number of rotatable bonds is 7. The molecule has 0 aliphatic rings. The standard InChI is InChI=1S/C24H31FN2O2/c1-17-6-8-19(9-7-17)12-15-22(28)27(16-20-10-13-21(25)14-11-20)18(2)23(29)26-24(3,4)5/h6-11,13-14,18H,12,15-16H2,1-5H3,(H,26,29). The summed E-state index contributed by atoms with van der Waals surface area (Å²) in [7, 11) is 0. The summed E-state index contributed by atoms with van der Waals surface area (Å²) in [5.74, 6) is -0.640. The van der Waals surface area contributed by atoms with Crippen LogP contribution in [0.4, 0.5) is 4.39 Å². The maximum absolute atomic E-state index is 13.2. The van der Waals surface area contributed by atoms with Gasteiger partial charge in [0.25, 0.3) is 0 Å². The van der Waals surface area contributed by atoms with Crippen molar-refractivity contribution >= 4 is 11.8 Å². The molecule has 2 aromatic carbocycles. The van der Waals surface area contributed by atoms with Crippen LogP contribution < -0.4 is 5.32 Å². The summed E-state index contributed by atoms with van der Waals surface area (Å²) in [6.07, 6.45) is 0.907. The minimum Gasteiger partial charge on any atom is -0.350 e. The molecular formula is C24H31FN2O2. The second-order valence-electron chi connectivity index (χ2n) is 8.55. The smallest absolute Gasteiger partial charge is 0.242 e. The average molecular weight is 399 g/mol. The van der Waals surface area contributed by atoms with Crippen LogP contribution in [0, 0.1) is 12.7 Å². The first-order valence-corrected chi connectivity index (χ1v) is 9.96. The van der Waals surface area contributed by atoms with E-state index in [1.165, 1.54) is 17.7 Å². The number of amides is 2. The molecule has 0 saturated carbocycles. The van der Waals surface area contributed by atoms with Crippen molar-refractivity contribution in [3.8, 4) is 0 Å². The van der Waals surface area contributed by atoms with E-state index in [1.54, 1.807) is 24.0 Å². The van der Waals surface area contributed by atoms with Crippen molar-refractivity contribution in [2.24, 2.45) is 0 Å². The summed E-state index contributed by atoms with van der Waals surface area (Å²) in [5.41, 5.74) is 2.64. The predicted molar refractivity (Wildman–Crippen MR) is 114 cm³/mol. The second-order valence-corrected chi connectivity index (χ2v) is 8.55. The third-order valence-electron chi connectivity index (χ3n) is 4.68. The molecule has 0 aromatic heterocycles. The highest BCUT2D eigenvalue weighted by molar-refractivity contribution is 5.87. The maximum Gasteiger partial charge on any atom is 0.242 e. The Morgan fingerprint density at radius 2 is 1.55 bits per heavy atom. The summed E-state index contributed by atoms with van der Waals surface area (Å²) < 4.78 is 13.2. The molecule has 0 bridgehead atoms. The van der Waals surface area contributed by atoms with Gasteiger partial charge in [0.15, 0.2) is 0 Å². The zero-order valence-corrected chi connectivity index (χ0v) is 18.0. The van der Waals surface area contributed by atoms with Gasteiger partial charge in [-0.3, -0.25) is 9.59 Å². The van der Waals surface area contributed by atoms with Gasteiger partial charge in [0, 0.05) is 18.5 Å². The molecule has 29 heavy (non-hydrogen) atoms. The van der Waals surface area contributed by atoms with E-state index in [2.05, 4.69) is 5.32 Å². The monoisotopic (exact) mass is 398 g/mol. The zero-order chi connectivity index (χ0) is 21.6. The number of carbonyl (C=O) groups is 2. The number of hydrogen-bond acceptors (Lipinski definition) is 2. The second kappa shape index (κ2) is 9.68. The molecule has 0 saturated heterocycles. The Bertz CT molecular complexity index is 823. The van der Waals surface area contributed by atoms with Gasteiger partial charge in [-0.2, -0.15) is 0 Å². The molecular weight excluding hydrogens is 367 g/mol. The Balaban J connectivity index is 2.15. The molecule has 5 heteroatoms. The van der Waals surface area contributed by atoms with E-state index < -0.39 is 11.6 Å². The first kappa shape index (κ1) is 22.6. The summed E-state index contributed by atoms with van der Waals surface area (Å²) in [5, 5.41) is 2.94. The summed E-state index contributed by atoms with van der Waals surface area (Å²) in [6.45, 7) is 9.72. The van der Waals surface area contributed by atoms with Crippen molar-refractivity contribution in [1.29, 1.82) is 0 Å². The quantitative estimate of drug-likeness (QED) is 0.752. The largest absolute Gasteiger partial charge is 0.350 e. The Morgan fingerprint density at radius 1 is 1.00 bits per heavy atom. The third kappa shape index (κ3) is 7.33. The lowest BCUT2D eigenvalue weighted by Gasteiger charge is -2.31. The number of benzene rings is 2. The van der Waals surface area contributed by atoms with E-state index in [9.17, 15) is 14.0 Å². The van der Waals surface area contributed by atoms with Crippen LogP contribution in [0.2, 0.25) is 0 Å². The van der Waals surface area contributed by atoms with E-state index in [4.69, 9.17) is 0 Å². The Labute approximate surface area is 173 Å². The molecule has 156 valence electrons. The normalized spacial score (nSPS) is 12.3. The molecule has 2 rings (SSSR count). The molecule has 0 spiro atoms. The van der Waals surface area contributed by atoms with Crippen LogP contribution in [0.25, 0.3) is 0 Å². The van der Waals surface area contributed by atoms with Gasteiger partial charge in [0.2, 0.25) is 11.8 Å². The molecule has 2 amide bonds. The van der Waals surface area contributed by atoms with Crippen LogP contribution in [0.3, 0.4) is 0 Å². The molecule has 1 N–H and O–H groups in total. The van der Waals surface area contributed by atoms with Crippen LogP contribution in [-0.2, 0) is 22.6 Å². The molecule has 2 aromatic rings. The minimum absolute atomic E-state index is 0.105. The molecule has 0 aliphatic heterocycles. The van der Waals surface area contributed by atoms with Crippen molar-refractivity contribution < 1.29 is 14.0 Å². The highest BCUT2D eigenvalue weighted by Crippen LogP contribution is 2.15. The number of hydrogen-bond donors (Lipinski definition) is 1. The van der Waals surface area contributed by atoms with E-state index >= 15 is 0 Å². The van der Waals surface area contributed by atoms with Gasteiger partial charge in [-0.1, -0.05) is 42.0 Å². The third-order valence-corrected chi connectivity index (χ3v) is 4.68. The lowest BCUT2D eigenvalue weighted by molar-refractivity contribution is -0.141. The van der Waals surface area contributed by atoms with Gasteiger partial charge in [-0.05, 0) is 64.3 Å². The first-order chi connectivity index (χ1) is 13.5. The van der Waals surface area contributed by atoms with Crippen LogP contribution >= 0.6 is 0 Å². The van der Waals surface area contributed by atoms with Crippen LogP contribution in [-0.4, -0.2) is 28.3 Å². The minimum atomic E-state index is -0.634. The number of carbonyl (C=O) groups excluding carboxylic acids is 2. The van der Waals surface area contributed by atoms with E-state index in [1.807, 2.05) is 52.0 Å². The molecule has 1 atom stereocenters. The lowest BCUT2D eigenvalue weighted by Crippen LogP contribution is -2.52. The first-order valence-electron chi connectivity index (χ1n) is 9.96. The number of nitrogens with one attached hydrogen (secondary N) is 1. The van der Waals surface area contributed by atoms with E-state index in [-0.39, 0.29) is 24.2 Å². The van der Waals surface area contributed by atoms with Crippen molar-refractivity contribution in [1.82, 2.24) is 10.2 Å². The molecule has 0 aliphatic carbocycles. The maximum atomic E-state index is 13.2. The highest BCUT2D eigenvalue weighted by Gasteiger charge is 2.28. The van der Waals surface area contributed by atoms with Gasteiger partial charge in [0.05, 0.1) is 0 Å². The van der Waals surface area contributed by atoms with Crippen LogP contribution in [0.1, 0.15) is 50.8 Å². The highest BCUT2D eigenvalue weighted by atomic mass is 19.1. The van der Waals surface area contributed by atoms with E-state index in [0.29, 0.717) is 12.8 Å². The molecule has 4 nitrogen and oxygen atoms in total. The number of aryl methyl sites for hydroxylation is 2. The molecule has 0 heterocycles. The summed E-state index contributed by atoms with van der Waals surface area (Å²) in [4.78, 5) is 27.3. The Morgan fingerprint density at radius 3 is 2.10 bits per heavy atom. The van der Waals surface area contributed by atoms with Gasteiger partial charge in [-0.25, -0.2) is 4.39 Å². The van der Waals surface area contributed by atoms with Gasteiger partial charge in [0.1, 0.15) is 11.9 Å². The number of halogens is 1. The summed E-state index contributed by atoms with van der Waals surface area (Å²) >= 11 is 0. The fraction of sp³-hybridized carbons (Fsp3) is 0.417. The SMILES string of the molecule is Cc1ccc(CCC(=O)N(Cc2ccc(F)cc2)C(C)C(=O)NC(C)(C)C)cc1. The van der Waals surface area contributed by atoms with E-state index in [0.717, 1.165) is 11.1 Å². The molecule has 0 radical (unpaired) electrons. The number of nitrogens with zero attached hydrogens (tertiary/aromatic N) is 1. The predicted octanol–water partition coefficient (Wildman–Crippen LogP) is 4.40.